The van der Waals surface area contributed by atoms with Gasteiger partial charge in [0.1, 0.15) is 11.8 Å². The number of benzene rings is 1. The Labute approximate surface area is 225 Å². The van der Waals surface area contributed by atoms with Crippen molar-refractivity contribution in [3.63, 3.8) is 0 Å². The Morgan fingerprint density at radius 2 is 2.00 bits per heavy atom. The molecule has 0 aliphatic heterocycles. The van der Waals surface area contributed by atoms with Crippen LogP contribution in [0.1, 0.15) is 77.3 Å². The summed E-state index contributed by atoms with van der Waals surface area (Å²) in [4.78, 5) is 20.4. The number of fused-ring (bicyclic) bond motifs is 1. The molecule has 1 aromatic carbocycles. The molecule has 8 nitrogen and oxygen atoms in total. The van der Waals surface area contributed by atoms with Crippen LogP contribution < -0.4 is 5.56 Å². The number of pyridine rings is 1. The van der Waals surface area contributed by atoms with E-state index in [1.54, 1.807) is 17.6 Å². The van der Waals surface area contributed by atoms with Crippen molar-refractivity contribution in [3.8, 4) is 0 Å². The van der Waals surface area contributed by atoms with Crippen molar-refractivity contribution in [2.45, 2.75) is 71.1 Å². The van der Waals surface area contributed by atoms with Crippen LogP contribution in [0.5, 0.6) is 0 Å². The summed E-state index contributed by atoms with van der Waals surface area (Å²) in [5.74, 6) is 1.53. The fourth-order valence-corrected chi connectivity index (χ4v) is 6.53. The Hall–Kier alpha value is -3.56. The molecule has 5 aromatic rings. The number of hydrogen-bond acceptors (Lipinski definition) is 7. The highest BCUT2D eigenvalue weighted by Gasteiger charge is 2.33. The molecule has 1 fully saturated rings. The minimum absolute atomic E-state index is 0.124. The van der Waals surface area contributed by atoms with Crippen LogP contribution >= 0.6 is 11.3 Å². The van der Waals surface area contributed by atoms with Crippen molar-refractivity contribution in [2.75, 3.05) is 0 Å². The zero-order valence-electron chi connectivity index (χ0n) is 21.8. The summed E-state index contributed by atoms with van der Waals surface area (Å²) >= 11 is 1.70. The van der Waals surface area contributed by atoms with Gasteiger partial charge in [-0.2, -0.15) is 0 Å². The second kappa shape index (κ2) is 10.7. The first kappa shape index (κ1) is 24.8. The number of H-pyrrole nitrogens is 1. The summed E-state index contributed by atoms with van der Waals surface area (Å²) in [6, 6.07) is 14.0. The van der Waals surface area contributed by atoms with Gasteiger partial charge in [0.2, 0.25) is 0 Å². The number of thiophene rings is 1. The van der Waals surface area contributed by atoms with Gasteiger partial charge in [0, 0.05) is 27.9 Å². The largest absolute Gasteiger partial charge is 0.468 e. The highest BCUT2D eigenvalue weighted by atomic mass is 32.1. The molecule has 0 unspecified atom stereocenters. The quantitative estimate of drug-likeness (QED) is 0.262. The van der Waals surface area contributed by atoms with Gasteiger partial charge in [-0.15, -0.1) is 16.4 Å². The van der Waals surface area contributed by atoms with Crippen molar-refractivity contribution in [1.82, 2.24) is 30.1 Å². The van der Waals surface area contributed by atoms with Gasteiger partial charge in [0.15, 0.2) is 5.82 Å². The van der Waals surface area contributed by atoms with E-state index in [-0.39, 0.29) is 11.6 Å². The predicted octanol–water partition coefficient (Wildman–Crippen LogP) is 6.08. The molecular weight excluding hydrogens is 496 g/mol. The molecule has 1 aliphatic carbocycles. The third-order valence-electron chi connectivity index (χ3n) is 7.56. The summed E-state index contributed by atoms with van der Waals surface area (Å²) in [6.07, 6.45) is 7.34. The molecule has 0 spiro atoms. The van der Waals surface area contributed by atoms with E-state index in [0.717, 1.165) is 53.5 Å². The summed E-state index contributed by atoms with van der Waals surface area (Å²) in [6.45, 7) is 5.28. The zero-order valence-corrected chi connectivity index (χ0v) is 22.6. The summed E-state index contributed by atoms with van der Waals surface area (Å²) in [7, 11) is 0. The van der Waals surface area contributed by atoms with E-state index in [0.29, 0.717) is 24.5 Å². The predicted molar refractivity (Wildman–Crippen MR) is 148 cm³/mol. The first-order chi connectivity index (χ1) is 18.6. The highest BCUT2D eigenvalue weighted by Crippen LogP contribution is 2.35. The van der Waals surface area contributed by atoms with Crippen molar-refractivity contribution in [1.29, 1.82) is 0 Å². The number of nitrogens with zero attached hydrogens (tertiary/aromatic N) is 5. The second-order valence-corrected chi connectivity index (χ2v) is 11.4. The molecule has 0 saturated heterocycles. The Bertz CT molecular complexity index is 1530. The van der Waals surface area contributed by atoms with Gasteiger partial charge >= 0.3 is 0 Å². The van der Waals surface area contributed by atoms with Gasteiger partial charge in [0.05, 0.1) is 18.8 Å². The minimum Gasteiger partial charge on any atom is -0.468 e. The number of furan rings is 1. The average Bonchev–Trinajstić information content (AvgIpc) is 3.69. The molecule has 1 aliphatic rings. The van der Waals surface area contributed by atoms with Crippen LogP contribution in [0.2, 0.25) is 0 Å². The SMILES string of the molecule is Cc1cc(C)c2cc([C@@H](c3nnnn3C3CCCCC3)N(Cc3ccco3)Cc3cccs3)c(=O)[nH]c2c1. The molecular formula is C29H32N6O2S. The van der Waals surface area contributed by atoms with Crippen LogP contribution in [0.15, 0.2) is 63.3 Å². The molecule has 4 heterocycles. The number of aryl methyl sites for hydroxylation is 2. The molecule has 9 heteroatoms. The van der Waals surface area contributed by atoms with Crippen LogP contribution in [0.3, 0.4) is 0 Å². The molecule has 38 heavy (non-hydrogen) atoms. The molecule has 0 amide bonds. The molecule has 1 atom stereocenters. The van der Waals surface area contributed by atoms with E-state index < -0.39 is 6.04 Å². The molecule has 1 saturated carbocycles. The second-order valence-electron chi connectivity index (χ2n) is 10.3. The fraction of sp³-hybridized carbons (Fsp3) is 0.379. The van der Waals surface area contributed by atoms with Crippen LogP contribution in [-0.2, 0) is 13.1 Å². The summed E-state index contributed by atoms with van der Waals surface area (Å²) in [5, 5.41) is 16.3. The number of hydrogen-bond donors (Lipinski definition) is 1. The van der Waals surface area contributed by atoms with Gasteiger partial charge in [-0.1, -0.05) is 31.4 Å². The van der Waals surface area contributed by atoms with Gasteiger partial charge < -0.3 is 9.40 Å². The van der Waals surface area contributed by atoms with Crippen LogP contribution in [0.25, 0.3) is 10.9 Å². The van der Waals surface area contributed by atoms with Crippen molar-refractivity contribution in [2.24, 2.45) is 0 Å². The maximum absolute atomic E-state index is 13.8. The van der Waals surface area contributed by atoms with Gasteiger partial charge in [0.25, 0.3) is 5.56 Å². The first-order valence-electron chi connectivity index (χ1n) is 13.3. The molecule has 1 N–H and O–H groups in total. The third-order valence-corrected chi connectivity index (χ3v) is 8.42. The average molecular weight is 529 g/mol. The summed E-state index contributed by atoms with van der Waals surface area (Å²) < 4.78 is 7.77. The number of aromatic nitrogens is 5. The summed E-state index contributed by atoms with van der Waals surface area (Å²) in [5.41, 5.74) is 3.60. The third kappa shape index (κ3) is 4.96. The van der Waals surface area contributed by atoms with E-state index in [2.05, 4.69) is 55.9 Å². The maximum Gasteiger partial charge on any atom is 0.253 e. The number of tetrazole rings is 1. The van der Waals surface area contributed by atoms with Gasteiger partial charge in [-0.05, 0) is 84.0 Å². The van der Waals surface area contributed by atoms with E-state index in [9.17, 15) is 4.79 Å². The Kier molecular flexibility index (Phi) is 6.95. The van der Waals surface area contributed by atoms with Crippen molar-refractivity contribution >= 4 is 22.2 Å². The van der Waals surface area contributed by atoms with Crippen molar-refractivity contribution < 1.29 is 4.42 Å². The van der Waals surface area contributed by atoms with E-state index in [4.69, 9.17) is 4.42 Å². The van der Waals surface area contributed by atoms with E-state index >= 15 is 0 Å². The number of rotatable bonds is 8. The topological polar surface area (TPSA) is 92.8 Å². The van der Waals surface area contributed by atoms with E-state index in [1.807, 2.05) is 35.9 Å². The first-order valence-corrected chi connectivity index (χ1v) is 14.2. The van der Waals surface area contributed by atoms with Crippen molar-refractivity contribution in [3.05, 3.63) is 97.6 Å². The Morgan fingerprint density at radius 1 is 1.13 bits per heavy atom. The molecule has 6 rings (SSSR count). The lowest BCUT2D eigenvalue weighted by atomic mass is 9.94. The molecule has 0 radical (unpaired) electrons. The highest BCUT2D eigenvalue weighted by molar-refractivity contribution is 7.09. The smallest absolute Gasteiger partial charge is 0.253 e. The normalized spacial score (nSPS) is 15.4. The Balaban J connectivity index is 1.54. The molecule has 0 bridgehead atoms. The fourth-order valence-electron chi connectivity index (χ4n) is 5.80. The molecule has 196 valence electrons. The van der Waals surface area contributed by atoms with E-state index in [1.165, 1.54) is 11.3 Å². The van der Waals surface area contributed by atoms with Gasteiger partial charge in [-0.25, -0.2) is 4.68 Å². The minimum atomic E-state index is -0.465. The Morgan fingerprint density at radius 3 is 2.76 bits per heavy atom. The van der Waals surface area contributed by atoms with Crippen LogP contribution in [0.4, 0.5) is 0 Å². The van der Waals surface area contributed by atoms with Gasteiger partial charge in [-0.3, -0.25) is 9.69 Å². The molecule has 4 aromatic heterocycles. The maximum atomic E-state index is 13.8. The van der Waals surface area contributed by atoms with Crippen LogP contribution in [-0.4, -0.2) is 30.1 Å². The number of nitrogens with one attached hydrogen (secondary N) is 1. The lowest BCUT2D eigenvalue weighted by Gasteiger charge is -2.32. The standard InChI is InChI=1S/C29H32N6O2S/c1-19-14-20(2)24-16-25(29(36)30-26(24)15-19)27(28-31-32-33-35(28)21-8-4-3-5-9-21)34(17-22-10-6-12-37-22)18-23-11-7-13-38-23/h6-7,10-16,21,27H,3-5,8-9,17-18H2,1-2H3,(H,30,36)/t27-/m0/s1. The monoisotopic (exact) mass is 528 g/mol. The lowest BCUT2D eigenvalue weighted by molar-refractivity contribution is 0.175. The zero-order chi connectivity index (χ0) is 26.1. The number of aromatic amines is 1. The van der Waals surface area contributed by atoms with Crippen LogP contribution in [0, 0.1) is 13.8 Å². The lowest BCUT2D eigenvalue weighted by Crippen LogP contribution is -2.35.